The fourth-order valence-electron chi connectivity index (χ4n) is 3.07. The van der Waals surface area contributed by atoms with E-state index in [4.69, 9.17) is 0 Å². The largest absolute Gasteiger partial charge is 0.481 e. The summed E-state index contributed by atoms with van der Waals surface area (Å²) in [6.45, 7) is 5.99. The quantitative estimate of drug-likeness (QED) is 0.816. The van der Waals surface area contributed by atoms with Crippen molar-refractivity contribution >= 4 is 15.8 Å². The van der Waals surface area contributed by atoms with E-state index in [0.717, 1.165) is 12.8 Å². The number of carbonyl (C=O) groups is 1. The summed E-state index contributed by atoms with van der Waals surface area (Å²) in [7, 11) is -2.93. The monoisotopic (exact) mass is 290 g/mol. The van der Waals surface area contributed by atoms with Crippen LogP contribution in [0.5, 0.6) is 0 Å². The highest BCUT2D eigenvalue weighted by Crippen LogP contribution is 2.43. The second-order valence-electron chi connectivity index (χ2n) is 6.49. The van der Waals surface area contributed by atoms with Gasteiger partial charge >= 0.3 is 5.97 Å². The van der Waals surface area contributed by atoms with E-state index in [-0.39, 0.29) is 28.8 Å². The lowest BCUT2D eigenvalue weighted by Crippen LogP contribution is -2.34. The molecule has 0 heterocycles. The third-order valence-corrected chi connectivity index (χ3v) is 6.09. The van der Waals surface area contributed by atoms with Crippen LogP contribution in [0.3, 0.4) is 0 Å². The minimum absolute atomic E-state index is 0.119. The zero-order chi connectivity index (χ0) is 14.7. The van der Waals surface area contributed by atoms with Crippen LogP contribution in [0.4, 0.5) is 0 Å². The Morgan fingerprint density at radius 1 is 1.37 bits per heavy atom. The molecule has 4 nitrogen and oxygen atoms in total. The number of carboxylic acids is 1. The summed E-state index contributed by atoms with van der Waals surface area (Å²) < 4.78 is 22.9. The van der Waals surface area contributed by atoms with Crippen molar-refractivity contribution in [3.8, 4) is 0 Å². The van der Waals surface area contributed by atoms with E-state index in [9.17, 15) is 18.3 Å². The van der Waals surface area contributed by atoms with Crippen molar-refractivity contribution in [3.63, 3.8) is 0 Å². The molecular weight excluding hydrogens is 264 g/mol. The molecule has 0 amide bonds. The smallest absolute Gasteiger partial charge is 0.306 e. The van der Waals surface area contributed by atoms with Gasteiger partial charge in [-0.15, -0.1) is 0 Å². The highest BCUT2D eigenvalue weighted by atomic mass is 32.2. The molecule has 1 aliphatic carbocycles. The van der Waals surface area contributed by atoms with Gasteiger partial charge in [0, 0.05) is 5.75 Å². The van der Waals surface area contributed by atoms with Crippen molar-refractivity contribution in [1.82, 2.24) is 0 Å². The number of rotatable bonds is 6. The van der Waals surface area contributed by atoms with Crippen molar-refractivity contribution in [1.29, 1.82) is 0 Å². The molecule has 0 radical (unpaired) electrons. The lowest BCUT2D eigenvalue weighted by molar-refractivity contribution is -0.146. The summed E-state index contributed by atoms with van der Waals surface area (Å²) in [6.07, 6.45) is 3.83. The number of hydrogen-bond donors (Lipinski definition) is 1. The van der Waals surface area contributed by atoms with E-state index in [1.54, 1.807) is 6.92 Å². The molecule has 2 unspecified atom stereocenters. The van der Waals surface area contributed by atoms with Gasteiger partial charge < -0.3 is 5.11 Å². The molecule has 0 aromatic rings. The van der Waals surface area contributed by atoms with Crippen molar-refractivity contribution in [3.05, 3.63) is 0 Å². The van der Waals surface area contributed by atoms with Crippen molar-refractivity contribution in [2.45, 2.75) is 52.9 Å². The molecule has 1 N–H and O–H groups in total. The minimum Gasteiger partial charge on any atom is -0.481 e. The zero-order valence-corrected chi connectivity index (χ0v) is 13.0. The third kappa shape index (κ3) is 5.13. The van der Waals surface area contributed by atoms with Crippen LogP contribution in [0.1, 0.15) is 52.9 Å². The lowest BCUT2D eigenvalue weighted by Gasteiger charge is -2.39. The average Bonchev–Trinajstić information content (AvgIpc) is 2.27. The van der Waals surface area contributed by atoms with Crippen LogP contribution in [0.25, 0.3) is 0 Å². The summed E-state index contributed by atoms with van der Waals surface area (Å²) in [5.74, 6) is -0.539. The molecule has 0 spiro atoms. The van der Waals surface area contributed by atoms with Crippen molar-refractivity contribution in [2.75, 3.05) is 11.5 Å². The van der Waals surface area contributed by atoms with E-state index < -0.39 is 15.8 Å². The standard InChI is InChI=1S/C14H26O4S/c1-4-19(17,18)9-5-6-11-10-14(2,3)8-7-12(11)13(15)16/h11-12H,4-10H2,1-3H3,(H,15,16). The first-order valence-corrected chi connectivity index (χ1v) is 8.92. The number of sulfone groups is 1. The Kier molecular flexibility index (Phi) is 5.42. The molecule has 0 bridgehead atoms. The zero-order valence-electron chi connectivity index (χ0n) is 12.2. The normalized spacial score (nSPS) is 27.1. The van der Waals surface area contributed by atoms with E-state index in [1.807, 2.05) is 0 Å². The summed E-state index contributed by atoms with van der Waals surface area (Å²) >= 11 is 0. The Labute approximate surface area is 116 Å². The second-order valence-corrected chi connectivity index (χ2v) is 8.96. The molecule has 5 heteroatoms. The Morgan fingerprint density at radius 3 is 2.53 bits per heavy atom. The van der Waals surface area contributed by atoms with Gasteiger partial charge in [0.25, 0.3) is 0 Å². The van der Waals surface area contributed by atoms with Crippen molar-refractivity contribution in [2.24, 2.45) is 17.3 Å². The van der Waals surface area contributed by atoms with Gasteiger partial charge in [-0.05, 0) is 43.4 Å². The van der Waals surface area contributed by atoms with Crippen LogP contribution >= 0.6 is 0 Å². The van der Waals surface area contributed by atoms with Gasteiger partial charge in [0.05, 0.1) is 11.7 Å². The Morgan fingerprint density at radius 2 is 2.00 bits per heavy atom. The van der Waals surface area contributed by atoms with E-state index in [2.05, 4.69) is 13.8 Å². The second kappa shape index (κ2) is 6.25. The first kappa shape index (κ1) is 16.5. The summed E-state index contributed by atoms with van der Waals surface area (Å²) in [6, 6.07) is 0. The van der Waals surface area contributed by atoms with Crippen LogP contribution in [-0.4, -0.2) is 31.0 Å². The van der Waals surface area contributed by atoms with Crippen LogP contribution in [0.2, 0.25) is 0 Å². The topological polar surface area (TPSA) is 71.4 Å². The molecule has 1 fully saturated rings. The molecule has 1 saturated carbocycles. The Bertz CT molecular complexity index is 411. The average molecular weight is 290 g/mol. The molecule has 19 heavy (non-hydrogen) atoms. The van der Waals surface area contributed by atoms with Gasteiger partial charge in [0.1, 0.15) is 9.84 Å². The molecule has 0 saturated heterocycles. The van der Waals surface area contributed by atoms with E-state index >= 15 is 0 Å². The summed E-state index contributed by atoms with van der Waals surface area (Å²) in [5.41, 5.74) is 0.181. The fraction of sp³-hybridized carbons (Fsp3) is 0.929. The molecule has 2 atom stereocenters. The number of carboxylic acid groups (broad SMARTS) is 1. The van der Waals surface area contributed by atoms with Gasteiger partial charge in [-0.25, -0.2) is 8.42 Å². The van der Waals surface area contributed by atoms with Crippen LogP contribution in [0, 0.1) is 17.3 Å². The van der Waals surface area contributed by atoms with Gasteiger partial charge in [-0.2, -0.15) is 0 Å². The highest BCUT2D eigenvalue weighted by Gasteiger charge is 2.38. The van der Waals surface area contributed by atoms with Crippen LogP contribution < -0.4 is 0 Å². The van der Waals surface area contributed by atoms with Gasteiger partial charge in [-0.3, -0.25) is 4.79 Å². The van der Waals surface area contributed by atoms with Crippen LogP contribution in [-0.2, 0) is 14.6 Å². The highest BCUT2D eigenvalue weighted by molar-refractivity contribution is 7.91. The maximum absolute atomic E-state index is 11.5. The maximum Gasteiger partial charge on any atom is 0.306 e. The maximum atomic E-state index is 11.5. The fourth-order valence-corrected chi connectivity index (χ4v) is 3.97. The van der Waals surface area contributed by atoms with E-state index in [1.165, 1.54) is 0 Å². The SMILES string of the molecule is CCS(=O)(=O)CCCC1CC(C)(C)CCC1C(=O)O. The molecule has 0 aromatic heterocycles. The first-order valence-electron chi connectivity index (χ1n) is 7.10. The molecule has 0 aromatic carbocycles. The van der Waals surface area contributed by atoms with Gasteiger partial charge in [-0.1, -0.05) is 20.8 Å². The van der Waals surface area contributed by atoms with Crippen molar-refractivity contribution < 1.29 is 18.3 Å². The van der Waals surface area contributed by atoms with Crippen LogP contribution in [0.15, 0.2) is 0 Å². The first-order chi connectivity index (χ1) is 8.67. The van der Waals surface area contributed by atoms with Gasteiger partial charge in [0.15, 0.2) is 0 Å². The lowest BCUT2D eigenvalue weighted by atomic mass is 9.66. The summed E-state index contributed by atoms with van der Waals surface area (Å²) in [5, 5.41) is 9.27. The van der Waals surface area contributed by atoms with E-state index in [0.29, 0.717) is 19.3 Å². The molecule has 0 aliphatic heterocycles. The predicted octanol–water partition coefficient (Wildman–Crippen LogP) is 2.73. The summed E-state index contributed by atoms with van der Waals surface area (Å²) in [4.78, 5) is 11.3. The number of hydrogen-bond acceptors (Lipinski definition) is 3. The molecule has 112 valence electrons. The Hall–Kier alpha value is -0.580. The molecule has 1 aliphatic rings. The third-order valence-electron chi connectivity index (χ3n) is 4.30. The minimum atomic E-state index is -2.93. The van der Waals surface area contributed by atoms with Gasteiger partial charge in [0.2, 0.25) is 0 Å². The molecule has 1 rings (SSSR count). The predicted molar refractivity (Wildman–Crippen MR) is 75.8 cm³/mol. The Balaban J connectivity index is 2.58. The number of aliphatic carboxylic acids is 1. The molecular formula is C14H26O4S.